The molecule has 5 rings (SSSR count). The van der Waals surface area contributed by atoms with Gasteiger partial charge < -0.3 is 9.72 Å². The third-order valence-electron chi connectivity index (χ3n) is 6.06. The van der Waals surface area contributed by atoms with Crippen LogP contribution in [0.4, 0.5) is 0 Å². The normalized spacial score (nSPS) is 18.9. The molecule has 8 heteroatoms. The van der Waals surface area contributed by atoms with Gasteiger partial charge in [-0.1, -0.05) is 6.07 Å². The van der Waals surface area contributed by atoms with E-state index in [0.717, 1.165) is 53.8 Å². The molecule has 8 nitrogen and oxygen atoms in total. The minimum absolute atomic E-state index is 0.0527. The first-order valence-electron chi connectivity index (χ1n) is 10.7. The zero-order chi connectivity index (χ0) is 21.2. The van der Waals surface area contributed by atoms with Gasteiger partial charge in [0, 0.05) is 36.4 Å². The minimum atomic E-state index is 0.0527. The third-order valence-corrected chi connectivity index (χ3v) is 6.06. The average Bonchev–Trinajstić information content (AvgIpc) is 3.44. The van der Waals surface area contributed by atoms with E-state index < -0.39 is 0 Å². The number of nitrogens with one attached hydrogen (secondary N) is 1. The molecule has 0 bridgehead atoms. The molecule has 0 unspecified atom stereocenters. The Labute approximate surface area is 180 Å². The number of amides is 1. The summed E-state index contributed by atoms with van der Waals surface area (Å²) in [6.45, 7) is 2.03. The Hall–Kier alpha value is -3.55. The number of hydrogen-bond acceptors (Lipinski definition) is 5. The first kappa shape index (κ1) is 19.4. The van der Waals surface area contributed by atoms with Gasteiger partial charge in [0.2, 0.25) is 5.91 Å². The number of imidazole rings is 1. The van der Waals surface area contributed by atoms with Gasteiger partial charge >= 0.3 is 0 Å². The summed E-state index contributed by atoms with van der Waals surface area (Å²) in [5.74, 6) is 0.0527. The molecule has 1 saturated carbocycles. The highest BCUT2D eigenvalue weighted by molar-refractivity contribution is 5.78. The molecule has 0 saturated heterocycles. The summed E-state index contributed by atoms with van der Waals surface area (Å²) in [6.07, 6.45) is 15.2. The van der Waals surface area contributed by atoms with Crippen LogP contribution in [-0.4, -0.2) is 41.1 Å². The number of rotatable bonds is 5. The Kier molecular flexibility index (Phi) is 5.19. The van der Waals surface area contributed by atoms with Gasteiger partial charge in [-0.3, -0.25) is 9.48 Å². The van der Waals surface area contributed by atoms with E-state index in [1.165, 1.54) is 0 Å². The smallest absolute Gasteiger partial charge is 0.226 e. The largest absolute Gasteiger partial charge is 0.353 e. The Bertz CT molecular complexity index is 1190. The molecule has 1 N–H and O–H groups in total. The molecule has 4 aromatic heterocycles. The highest BCUT2D eigenvalue weighted by atomic mass is 16.1. The van der Waals surface area contributed by atoms with Crippen molar-refractivity contribution in [3.8, 4) is 11.3 Å². The third kappa shape index (κ3) is 4.05. The standard InChI is InChI=1S/C23H25N7O/c1-16-3-2-10-29-20(13-25-23(16)29)11-22(31)28-18-4-6-19(7-5-18)30-14-17(12-27-30)21-8-9-24-15-26-21/h2-3,8-10,12-15,18-19H,4-7,11H2,1H3,(H,28,31). The van der Waals surface area contributed by atoms with Crippen LogP contribution in [0.2, 0.25) is 0 Å². The second kappa shape index (κ2) is 8.29. The molecule has 4 heterocycles. The van der Waals surface area contributed by atoms with Crippen LogP contribution in [0.5, 0.6) is 0 Å². The van der Waals surface area contributed by atoms with Gasteiger partial charge in [-0.2, -0.15) is 5.10 Å². The van der Waals surface area contributed by atoms with E-state index >= 15 is 0 Å². The van der Waals surface area contributed by atoms with Crippen molar-refractivity contribution in [2.45, 2.75) is 51.1 Å². The maximum Gasteiger partial charge on any atom is 0.226 e. The van der Waals surface area contributed by atoms with Gasteiger partial charge in [0.1, 0.15) is 12.0 Å². The summed E-state index contributed by atoms with van der Waals surface area (Å²) in [6, 6.07) is 6.46. The fraction of sp³-hybridized carbons (Fsp3) is 0.348. The number of aryl methyl sites for hydroxylation is 1. The number of carbonyl (C=O) groups excluding carboxylic acids is 1. The van der Waals surface area contributed by atoms with Crippen molar-refractivity contribution in [2.24, 2.45) is 0 Å². The summed E-state index contributed by atoms with van der Waals surface area (Å²) >= 11 is 0. The first-order valence-corrected chi connectivity index (χ1v) is 10.7. The number of nitrogens with zero attached hydrogens (tertiary/aromatic N) is 6. The van der Waals surface area contributed by atoms with Crippen LogP contribution in [0.1, 0.15) is 43.0 Å². The SMILES string of the molecule is Cc1cccn2c(CC(=O)NC3CCC(n4cc(-c5ccncn5)cn4)CC3)cnc12. The lowest BCUT2D eigenvalue weighted by Gasteiger charge is -2.29. The van der Waals surface area contributed by atoms with Crippen molar-refractivity contribution in [1.82, 2.24) is 34.4 Å². The van der Waals surface area contributed by atoms with Crippen LogP contribution in [-0.2, 0) is 11.2 Å². The molecule has 158 valence electrons. The molecule has 1 aliphatic rings. The molecule has 0 atom stereocenters. The van der Waals surface area contributed by atoms with Crippen molar-refractivity contribution in [3.63, 3.8) is 0 Å². The fourth-order valence-electron chi connectivity index (χ4n) is 4.39. The molecule has 1 fully saturated rings. The molecule has 0 spiro atoms. The van der Waals surface area contributed by atoms with E-state index in [-0.39, 0.29) is 11.9 Å². The topological polar surface area (TPSA) is 90.0 Å². The first-order chi connectivity index (χ1) is 15.2. The van der Waals surface area contributed by atoms with Crippen LogP contribution >= 0.6 is 0 Å². The number of pyridine rings is 1. The number of aromatic nitrogens is 6. The van der Waals surface area contributed by atoms with Crippen molar-refractivity contribution in [2.75, 3.05) is 0 Å². The summed E-state index contributed by atoms with van der Waals surface area (Å²) in [4.78, 5) is 25.3. The van der Waals surface area contributed by atoms with Gasteiger partial charge in [-0.15, -0.1) is 0 Å². The van der Waals surface area contributed by atoms with Gasteiger partial charge in [-0.25, -0.2) is 15.0 Å². The fourth-order valence-corrected chi connectivity index (χ4v) is 4.39. The van der Waals surface area contributed by atoms with E-state index in [9.17, 15) is 4.79 Å². The van der Waals surface area contributed by atoms with Crippen LogP contribution < -0.4 is 5.32 Å². The summed E-state index contributed by atoms with van der Waals surface area (Å²) in [5.41, 5.74) is 4.81. The number of fused-ring (bicyclic) bond motifs is 1. The number of hydrogen-bond donors (Lipinski definition) is 1. The molecule has 31 heavy (non-hydrogen) atoms. The monoisotopic (exact) mass is 415 g/mol. The van der Waals surface area contributed by atoms with E-state index in [1.807, 2.05) is 46.6 Å². The van der Waals surface area contributed by atoms with Gasteiger partial charge in [0.25, 0.3) is 0 Å². The second-order valence-electron chi connectivity index (χ2n) is 8.19. The molecule has 1 amide bonds. The lowest BCUT2D eigenvalue weighted by Crippen LogP contribution is -2.39. The van der Waals surface area contributed by atoms with Crippen LogP contribution in [0.25, 0.3) is 16.9 Å². The Morgan fingerprint density at radius 2 is 2.03 bits per heavy atom. The lowest BCUT2D eigenvalue weighted by molar-refractivity contribution is -0.121. The summed E-state index contributed by atoms with van der Waals surface area (Å²) < 4.78 is 4.04. The zero-order valence-corrected chi connectivity index (χ0v) is 17.5. The average molecular weight is 416 g/mol. The van der Waals surface area contributed by atoms with Gasteiger partial charge in [0.15, 0.2) is 0 Å². The van der Waals surface area contributed by atoms with Crippen molar-refractivity contribution < 1.29 is 4.79 Å². The zero-order valence-electron chi connectivity index (χ0n) is 17.5. The predicted octanol–water partition coefficient (Wildman–Crippen LogP) is 3.14. The molecule has 4 aromatic rings. The highest BCUT2D eigenvalue weighted by Gasteiger charge is 2.24. The van der Waals surface area contributed by atoms with E-state index in [0.29, 0.717) is 12.5 Å². The predicted molar refractivity (Wildman–Crippen MR) is 116 cm³/mol. The quantitative estimate of drug-likeness (QED) is 0.541. The highest BCUT2D eigenvalue weighted by Crippen LogP contribution is 2.29. The lowest BCUT2D eigenvalue weighted by atomic mass is 9.91. The van der Waals surface area contributed by atoms with E-state index in [1.54, 1.807) is 18.7 Å². The maximum absolute atomic E-state index is 12.6. The van der Waals surface area contributed by atoms with Crippen molar-refractivity contribution in [1.29, 1.82) is 0 Å². The van der Waals surface area contributed by atoms with Crippen LogP contribution in [0.15, 0.2) is 55.5 Å². The van der Waals surface area contributed by atoms with Crippen LogP contribution in [0, 0.1) is 6.92 Å². The van der Waals surface area contributed by atoms with Crippen molar-refractivity contribution in [3.05, 3.63) is 66.8 Å². The van der Waals surface area contributed by atoms with E-state index in [2.05, 4.69) is 31.6 Å². The molecule has 0 aromatic carbocycles. The van der Waals surface area contributed by atoms with Crippen molar-refractivity contribution >= 4 is 11.6 Å². The van der Waals surface area contributed by atoms with E-state index in [4.69, 9.17) is 0 Å². The molecule has 0 aliphatic heterocycles. The maximum atomic E-state index is 12.6. The molecular formula is C23H25N7O. The Morgan fingerprint density at radius 1 is 1.16 bits per heavy atom. The molecule has 0 radical (unpaired) electrons. The second-order valence-corrected chi connectivity index (χ2v) is 8.19. The molecule has 1 aliphatic carbocycles. The minimum Gasteiger partial charge on any atom is -0.353 e. The van der Waals surface area contributed by atoms with Gasteiger partial charge in [-0.05, 0) is 50.3 Å². The Morgan fingerprint density at radius 3 is 2.84 bits per heavy atom. The summed E-state index contributed by atoms with van der Waals surface area (Å²) in [5, 5.41) is 7.76. The number of carbonyl (C=O) groups is 1. The van der Waals surface area contributed by atoms with Crippen LogP contribution in [0.3, 0.4) is 0 Å². The molecular weight excluding hydrogens is 390 g/mol. The van der Waals surface area contributed by atoms with Gasteiger partial charge in [0.05, 0.1) is 30.0 Å². The Balaban J connectivity index is 1.16. The summed E-state index contributed by atoms with van der Waals surface area (Å²) in [7, 11) is 0.